The average molecular weight is 316 g/mol. The van der Waals surface area contributed by atoms with E-state index in [4.69, 9.17) is 16.2 Å². The Hall–Kier alpha value is -2.61. The monoisotopic (exact) mass is 316 g/mol. The number of hydrogen-bond acceptors (Lipinski definition) is 6. The number of hydrogen-bond donors (Lipinski definition) is 2. The van der Waals surface area contributed by atoms with E-state index in [9.17, 15) is 14.4 Å². The number of ketones is 2. The summed E-state index contributed by atoms with van der Waals surface area (Å²) in [6.07, 6.45) is -0.924. The van der Waals surface area contributed by atoms with E-state index >= 15 is 0 Å². The molecule has 8 heteroatoms. The molecule has 0 saturated carbocycles. The summed E-state index contributed by atoms with van der Waals surface area (Å²) in [5, 5.41) is 0. The van der Waals surface area contributed by atoms with Gasteiger partial charge in [-0.25, -0.2) is 4.79 Å². The molecule has 1 aromatic rings. The van der Waals surface area contributed by atoms with E-state index in [1.54, 1.807) is 6.92 Å². The fourth-order valence-corrected chi connectivity index (χ4v) is 3.79. The van der Waals surface area contributed by atoms with Gasteiger partial charge in [-0.05, 0) is 14.0 Å². The molecule has 8 nitrogen and oxygen atoms in total. The zero-order chi connectivity index (χ0) is 16.6. The van der Waals surface area contributed by atoms with Gasteiger partial charge in [0.25, 0.3) is 0 Å². The Morgan fingerprint density at radius 2 is 2.04 bits per heavy atom. The SMILES string of the molecule is CC1=C(N)C(=O)c2c(COC(N)=O)c3n(c2C1=O)CC1C3N1C. The number of ether oxygens (including phenoxy) is 1. The van der Waals surface area contributed by atoms with Crippen LogP contribution in [0.5, 0.6) is 0 Å². The third-order valence-electron chi connectivity index (χ3n) is 5.09. The highest BCUT2D eigenvalue weighted by Crippen LogP contribution is 2.52. The van der Waals surface area contributed by atoms with Gasteiger partial charge in [0.1, 0.15) is 12.3 Å². The van der Waals surface area contributed by atoms with Crippen molar-refractivity contribution in [3.63, 3.8) is 0 Å². The number of carbonyl (C=O) groups is 3. The lowest BCUT2D eigenvalue weighted by Gasteiger charge is -2.16. The first kappa shape index (κ1) is 14.0. The van der Waals surface area contributed by atoms with Crippen LogP contribution in [0.4, 0.5) is 4.79 Å². The Morgan fingerprint density at radius 1 is 1.35 bits per heavy atom. The maximum absolute atomic E-state index is 12.6. The lowest BCUT2D eigenvalue weighted by Crippen LogP contribution is -2.27. The predicted molar refractivity (Wildman–Crippen MR) is 78.6 cm³/mol. The van der Waals surface area contributed by atoms with E-state index in [0.717, 1.165) is 5.69 Å². The number of aromatic nitrogens is 1. The zero-order valence-electron chi connectivity index (χ0n) is 12.8. The smallest absolute Gasteiger partial charge is 0.404 e. The van der Waals surface area contributed by atoms with Crippen molar-refractivity contribution in [3.8, 4) is 0 Å². The normalized spacial score (nSPS) is 27.7. The number of nitrogens with two attached hydrogens (primary N) is 2. The molecule has 4 N–H and O–H groups in total. The van der Waals surface area contributed by atoms with Crippen LogP contribution >= 0.6 is 0 Å². The molecule has 3 aliphatic rings. The van der Waals surface area contributed by atoms with Crippen LogP contribution in [0.2, 0.25) is 0 Å². The lowest BCUT2D eigenvalue weighted by molar-refractivity contribution is 0.0965. The molecular weight excluding hydrogens is 300 g/mol. The Balaban J connectivity index is 1.92. The summed E-state index contributed by atoms with van der Waals surface area (Å²) in [7, 11) is 1.98. The Labute approximate surface area is 131 Å². The van der Waals surface area contributed by atoms with Gasteiger partial charge in [-0.1, -0.05) is 0 Å². The van der Waals surface area contributed by atoms with Gasteiger partial charge in [0.05, 0.1) is 17.3 Å². The Morgan fingerprint density at radius 3 is 2.70 bits per heavy atom. The first-order valence-electron chi connectivity index (χ1n) is 7.29. The highest BCUT2D eigenvalue weighted by Gasteiger charge is 2.56. The topological polar surface area (TPSA) is 120 Å². The molecule has 3 atom stereocenters. The second-order valence-electron chi connectivity index (χ2n) is 6.18. The van der Waals surface area contributed by atoms with Gasteiger partial charge in [0.15, 0.2) is 0 Å². The molecule has 1 fully saturated rings. The van der Waals surface area contributed by atoms with Crippen LogP contribution in [0, 0.1) is 0 Å². The number of allylic oxidation sites excluding steroid dienone is 2. The molecule has 0 radical (unpaired) electrons. The van der Waals surface area contributed by atoms with Crippen molar-refractivity contribution in [2.45, 2.75) is 32.2 Å². The maximum atomic E-state index is 12.6. The Bertz CT molecular complexity index is 835. The molecule has 1 amide bonds. The fraction of sp³-hybridized carbons (Fsp3) is 0.400. The van der Waals surface area contributed by atoms with Gasteiger partial charge in [-0.2, -0.15) is 0 Å². The van der Waals surface area contributed by atoms with Crippen LogP contribution in [0.3, 0.4) is 0 Å². The van der Waals surface area contributed by atoms with Crippen molar-refractivity contribution in [1.82, 2.24) is 9.47 Å². The second kappa shape index (κ2) is 4.23. The molecule has 0 bridgehead atoms. The summed E-state index contributed by atoms with van der Waals surface area (Å²) in [5.41, 5.74) is 13.1. The van der Waals surface area contributed by atoms with Crippen molar-refractivity contribution >= 4 is 17.7 Å². The summed E-state index contributed by atoms with van der Waals surface area (Å²) in [6, 6.07) is 0.447. The van der Waals surface area contributed by atoms with Crippen LogP contribution in [0.15, 0.2) is 11.3 Å². The van der Waals surface area contributed by atoms with Crippen LogP contribution < -0.4 is 11.5 Å². The van der Waals surface area contributed by atoms with E-state index in [-0.39, 0.29) is 41.0 Å². The number of nitrogens with zero attached hydrogens (tertiary/aromatic N) is 2. The van der Waals surface area contributed by atoms with Crippen molar-refractivity contribution in [3.05, 3.63) is 33.8 Å². The van der Waals surface area contributed by atoms with Crippen molar-refractivity contribution in [2.75, 3.05) is 7.05 Å². The molecule has 3 heterocycles. The molecular formula is C15H16N4O4. The quantitative estimate of drug-likeness (QED) is 0.745. The molecule has 1 aromatic heterocycles. The third kappa shape index (κ3) is 1.61. The first-order valence-corrected chi connectivity index (χ1v) is 7.29. The number of carbonyl (C=O) groups excluding carboxylic acids is 3. The number of Topliss-reactive ketones (excluding diaryl/α,β-unsaturated/α-hetero) is 2. The van der Waals surface area contributed by atoms with E-state index in [1.165, 1.54) is 0 Å². The molecule has 120 valence electrons. The van der Waals surface area contributed by atoms with Crippen molar-refractivity contribution < 1.29 is 19.1 Å². The highest BCUT2D eigenvalue weighted by atomic mass is 16.5. The molecule has 0 spiro atoms. The molecule has 0 aromatic carbocycles. The summed E-state index contributed by atoms with van der Waals surface area (Å²) >= 11 is 0. The van der Waals surface area contributed by atoms with E-state index in [1.807, 2.05) is 11.6 Å². The Kier molecular flexibility index (Phi) is 2.57. The van der Waals surface area contributed by atoms with Crippen LogP contribution in [-0.2, 0) is 17.9 Å². The summed E-state index contributed by atoms with van der Waals surface area (Å²) in [4.78, 5) is 38.4. The summed E-state index contributed by atoms with van der Waals surface area (Å²) in [6.45, 7) is 2.06. The maximum Gasteiger partial charge on any atom is 0.404 e. The highest BCUT2D eigenvalue weighted by molar-refractivity contribution is 6.26. The summed E-state index contributed by atoms with van der Waals surface area (Å²) in [5.74, 6) is -0.630. The molecule has 3 unspecified atom stereocenters. The minimum Gasteiger partial charge on any atom is -0.445 e. The van der Waals surface area contributed by atoms with Gasteiger partial charge < -0.3 is 20.8 Å². The van der Waals surface area contributed by atoms with Gasteiger partial charge in [-0.3, -0.25) is 14.5 Å². The van der Waals surface area contributed by atoms with E-state index in [0.29, 0.717) is 23.8 Å². The zero-order valence-corrected chi connectivity index (χ0v) is 12.8. The van der Waals surface area contributed by atoms with Crippen LogP contribution in [-0.4, -0.2) is 40.2 Å². The average Bonchev–Trinajstić information content (AvgIpc) is 2.87. The van der Waals surface area contributed by atoms with Crippen LogP contribution in [0.25, 0.3) is 0 Å². The molecule has 23 heavy (non-hydrogen) atoms. The van der Waals surface area contributed by atoms with Crippen LogP contribution in [0.1, 0.15) is 45.1 Å². The number of rotatable bonds is 2. The number of likely N-dealkylation sites (N-methyl/N-ethyl adjacent to an activating group) is 1. The molecule has 2 aliphatic heterocycles. The molecule has 4 rings (SSSR count). The number of primary amides is 1. The standard InChI is InChI=1S/C15H16N4O4/c1-5-9(16)14(21)8-6(4-23-15(17)22)10-11-7(18(11)2)3-19(10)12(8)13(5)20/h7,11H,3-4,16H2,1-2H3,(H2,17,22). The van der Waals surface area contributed by atoms with E-state index in [2.05, 4.69) is 4.90 Å². The van der Waals surface area contributed by atoms with Gasteiger partial charge in [0, 0.05) is 29.4 Å². The minimum absolute atomic E-state index is 0.0483. The van der Waals surface area contributed by atoms with Crippen molar-refractivity contribution in [1.29, 1.82) is 0 Å². The lowest BCUT2D eigenvalue weighted by atomic mass is 9.90. The van der Waals surface area contributed by atoms with Gasteiger partial charge >= 0.3 is 6.09 Å². The predicted octanol–water partition coefficient (Wildman–Crippen LogP) is 0.0638. The number of fused-ring (bicyclic) bond motifs is 5. The largest absolute Gasteiger partial charge is 0.445 e. The van der Waals surface area contributed by atoms with Gasteiger partial charge in [0.2, 0.25) is 11.6 Å². The van der Waals surface area contributed by atoms with Gasteiger partial charge in [-0.15, -0.1) is 0 Å². The van der Waals surface area contributed by atoms with E-state index < -0.39 is 6.09 Å². The molecule has 1 aliphatic carbocycles. The second-order valence-corrected chi connectivity index (χ2v) is 6.18. The molecule has 1 saturated heterocycles. The fourth-order valence-electron chi connectivity index (χ4n) is 3.79. The first-order chi connectivity index (χ1) is 10.8. The van der Waals surface area contributed by atoms with Crippen molar-refractivity contribution in [2.24, 2.45) is 11.5 Å². The summed E-state index contributed by atoms with van der Waals surface area (Å²) < 4.78 is 6.79. The minimum atomic E-state index is -0.924. The third-order valence-corrected chi connectivity index (χ3v) is 5.09. The number of amides is 1.